The molecule has 1 fully saturated rings. The molecule has 0 bridgehead atoms. The molecule has 4 heteroatoms. The first-order valence-electron chi connectivity index (χ1n) is 5.81. The van der Waals surface area contributed by atoms with Crippen molar-refractivity contribution in [1.82, 2.24) is 10.2 Å². The highest BCUT2D eigenvalue weighted by Gasteiger charge is 2.24. The fraction of sp³-hybridized carbons (Fsp3) is 0.583. The van der Waals surface area contributed by atoms with Crippen LogP contribution < -0.4 is 5.32 Å². The number of hydrogen-bond donors (Lipinski definition) is 1. The van der Waals surface area contributed by atoms with Crippen molar-refractivity contribution in [1.29, 1.82) is 0 Å². The Morgan fingerprint density at radius 3 is 3.19 bits per heavy atom. The van der Waals surface area contributed by atoms with Gasteiger partial charge in [0.1, 0.15) is 5.76 Å². The predicted molar refractivity (Wildman–Crippen MR) is 61.5 cm³/mol. The van der Waals surface area contributed by atoms with E-state index in [0.29, 0.717) is 6.04 Å². The van der Waals surface area contributed by atoms with Gasteiger partial charge in [-0.25, -0.2) is 0 Å². The smallest absolute Gasteiger partial charge is 0.257 e. The minimum atomic E-state index is 0.0963. The van der Waals surface area contributed by atoms with Crippen LogP contribution in [0.4, 0.5) is 0 Å². The van der Waals surface area contributed by atoms with Crippen LogP contribution in [0.1, 0.15) is 30.0 Å². The summed E-state index contributed by atoms with van der Waals surface area (Å²) in [5.41, 5.74) is 0.719. The lowest BCUT2D eigenvalue weighted by molar-refractivity contribution is 0.0707. The van der Waals surface area contributed by atoms with Gasteiger partial charge in [0.2, 0.25) is 0 Å². The number of carbonyl (C=O) groups is 1. The summed E-state index contributed by atoms with van der Waals surface area (Å²) >= 11 is 0. The van der Waals surface area contributed by atoms with Crippen LogP contribution in [-0.2, 0) is 6.42 Å². The molecule has 16 heavy (non-hydrogen) atoms. The minimum absolute atomic E-state index is 0.0963. The van der Waals surface area contributed by atoms with Gasteiger partial charge in [-0.05, 0) is 13.0 Å². The van der Waals surface area contributed by atoms with Crippen molar-refractivity contribution in [3.05, 3.63) is 23.7 Å². The van der Waals surface area contributed by atoms with E-state index in [1.165, 1.54) is 0 Å². The summed E-state index contributed by atoms with van der Waals surface area (Å²) < 4.78 is 5.29. The number of furan rings is 1. The Morgan fingerprint density at radius 2 is 2.50 bits per heavy atom. The van der Waals surface area contributed by atoms with Crippen LogP contribution >= 0.6 is 0 Å². The summed E-state index contributed by atoms with van der Waals surface area (Å²) in [4.78, 5) is 14.1. The van der Waals surface area contributed by atoms with Gasteiger partial charge < -0.3 is 14.6 Å². The normalized spacial score (nSPS) is 21.1. The molecule has 2 heterocycles. The van der Waals surface area contributed by atoms with Crippen LogP contribution in [-0.4, -0.2) is 36.5 Å². The van der Waals surface area contributed by atoms with Gasteiger partial charge in [-0.3, -0.25) is 4.79 Å². The van der Waals surface area contributed by atoms with Crippen molar-refractivity contribution in [2.24, 2.45) is 0 Å². The number of aryl methyl sites for hydroxylation is 1. The van der Waals surface area contributed by atoms with Crippen LogP contribution in [0.3, 0.4) is 0 Å². The van der Waals surface area contributed by atoms with Gasteiger partial charge in [0, 0.05) is 32.1 Å². The molecule has 1 N–H and O–H groups in total. The number of amides is 1. The van der Waals surface area contributed by atoms with Crippen molar-refractivity contribution < 1.29 is 9.21 Å². The SMILES string of the molecule is CCc1occc1C(=O)N1CCN[C@@H](C)C1. The highest BCUT2D eigenvalue weighted by molar-refractivity contribution is 5.95. The molecule has 0 saturated carbocycles. The Morgan fingerprint density at radius 1 is 1.69 bits per heavy atom. The number of piperazine rings is 1. The summed E-state index contributed by atoms with van der Waals surface area (Å²) in [6.45, 7) is 6.50. The van der Waals surface area contributed by atoms with E-state index in [1.807, 2.05) is 11.8 Å². The van der Waals surface area contributed by atoms with Crippen molar-refractivity contribution in [2.45, 2.75) is 26.3 Å². The second-order valence-corrected chi connectivity index (χ2v) is 4.22. The Labute approximate surface area is 95.6 Å². The molecule has 0 aromatic carbocycles. The maximum atomic E-state index is 12.2. The standard InChI is InChI=1S/C12H18N2O2/c1-3-11-10(4-7-16-11)12(15)14-6-5-13-9(2)8-14/h4,7,9,13H,3,5-6,8H2,1-2H3/t9-/m0/s1. The van der Waals surface area contributed by atoms with E-state index < -0.39 is 0 Å². The number of hydrogen-bond acceptors (Lipinski definition) is 3. The molecule has 1 aliphatic rings. The quantitative estimate of drug-likeness (QED) is 0.819. The average molecular weight is 222 g/mol. The first-order chi connectivity index (χ1) is 7.72. The van der Waals surface area contributed by atoms with Crippen LogP contribution in [0.2, 0.25) is 0 Å². The van der Waals surface area contributed by atoms with Gasteiger partial charge in [0.15, 0.2) is 0 Å². The second kappa shape index (κ2) is 4.70. The molecule has 1 atom stereocenters. The first kappa shape index (κ1) is 11.2. The molecular formula is C12H18N2O2. The maximum Gasteiger partial charge on any atom is 0.257 e. The number of rotatable bonds is 2. The lowest BCUT2D eigenvalue weighted by Gasteiger charge is -2.31. The third-order valence-corrected chi connectivity index (χ3v) is 2.95. The number of nitrogens with zero attached hydrogens (tertiary/aromatic N) is 1. The summed E-state index contributed by atoms with van der Waals surface area (Å²) in [5, 5.41) is 3.32. The molecular weight excluding hydrogens is 204 g/mol. The van der Waals surface area contributed by atoms with E-state index in [4.69, 9.17) is 4.42 Å². The van der Waals surface area contributed by atoms with E-state index in [0.717, 1.165) is 37.4 Å². The summed E-state index contributed by atoms with van der Waals surface area (Å²) in [6, 6.07) is 2.14. The second-order valence-electron chi connectivity index (χ2n) is 4.22. The van der Waals surface area contributed by atoms with E-state index in [2.05, 4.69) is 12.2 Å². The molecule has 1 aliphatic heterocycles. The predicted octanol–water partition coefficient (Wildman–Crippen LogP) is 1.28. The van der Waals surface area contributed by atoms with Crippen LogP contribution in [0.25, 0.3) is 0 Å². The molecule has 2 rings (SSSR count). The molecule has 1 amide bonds. The molecule has 1 aromatic heterocycles. The fourth-order valence-electron chi connectivity index (χ4n) is 2.09. The Kier molecular flexibility index (Phi) is 3.29. The zero-order chi connectivity index (χ0) is 11.5. The van der Waals surface area contributed by atoms with Crippen LogP contribution in [0.15, 0.2) is 16.7 Å². The van der Waals surface area contributed by atoms with E-state index >= 15 is 0 Å². The van der Waals surface area contributed by atoms with Gasteiger partial charge in [-0.15, -0.1) is 0 Å². The lowest BCUT2D eigenvalue weighted by atomic mass is 10.1. The number of carbonyl (C=O) groups excluding carboxylic acids is 1. The minimum Gasteiger partial charge on any atom is -0.469 e. The van der Waals surface area contributed by atoms with Gasteiger partial charge in [0.25, 0.3) is 5.91 Å². The summed E-state index contributed by atoms with van der Waals surface area (Å²) in [7, 11) is 0. The maximum absolute atomic E-state index is 12.2. The monoisotopic (exact) mass is 222 g/mol. The Balaban J connectivity index is 2.12. The molecule has 0 aliphatic carbocycles. The molecule has 1 saturated heterocycles. The molecule has 4 nitrogen and oxygen atoms in total. The van der Waals surface area contributed by atoms with E-state index in [-0.39, 0.29) is 5.91 Å². The largest absolute Gasteiger partial charge is 0.469 e. The van der Waals surface area contributed by atoms with Gasteiger partial charge in [-0.2, -0.15) is 0 Å². The molecule has 0 radical (unpaired) electrons. The zero-order valence-corrected chi connectivity index (χ0v) is 9.82. The topological polar surface area (TPSA) is 45.5 Å². The molecule has 0 spiro atoms. The lowest BCUT2D eigenvalue weighted by Crippen LogP contribution is -2.51. The third-order valence-electron chi connectivity index (χ3n) is 2.95. The molecule has 1 aromatic rings. The fourth-order valence-corrected chi connectivity index (χ4v) is 2.09. The summed E-state index contributed by atoms with van der Waals surface area (Å²) in [6.07, 6.45) is 2.35. The Bertz CT molecular complexity index is 373. The van der Waals surface area contributed by atoms with Crippen molar-refractivity contribution >= 4 is 5.91 Å². The van der Waals surface area contributed by atoms with Crippen LogP contribution in [0.5, 0.6) is 0 Å². The molecule has 88 valence electrons. The molecule has 0 unspecified atom stereocenters. The van der Waals surface area contributed by atoms with Gasteiger partial charge in [0.05, 0.1) is 11.8 Å². The average Bonchev–Trinajstić information content (AvgIpc) is 2.76. The first-order valence-corrected chi connectivity index (χ1v) is 5.81. The van der Waals surface area contributed by atoms with Gasteiger partial charge >= 0.3 is 0 Å². The number of nitrogens with one attached hydrogen (secondary N) is 1. The van der Waals surface area contributed by atoms with Crippen LogP contribution in [0, 0.1) is 0 Å². The van der Waals surface area contributed by atoms with Crippen molar-refractivity contribution in [3.63, 3.8) is 0 Å². The van der Waals surface area contributed by atoms with Crippen molar-refractivity contribution in [3.8, 4) is 0 Å². The van der Waals surface area contributed by atoms with E-state index in [9.17, 15) is 4.79 Å². The van der Waals surface area contributed by atoms with Gasteiger partial charge in [-0.1, -0.05) is 6.92 Å². The summed E-state index contributed by atoms with van der Waals surface area (Å²) in [5.74, 6) is 0.884. The van der Waals surface area contributed by atoms with Crippen molar-refractivity contribution in [2.75, 3.05) is 19.6 Å². The highest BCUT2D eigenvalue weighted by atomic mass is 16.3. The van der Waals surface area contributed by atoms with E-state index in [1.54, 1.807) is 12.3 Å². The Hall–Kier alpha value is -1.29. The third kappa shape index (κ3) is 2.11. The zero-order valence-electron chi connectivity index (χ0n) is 9.82. The highest BCUT2D eigenvalue weighted by Crippen LogP contribution is 2.15.